The van der Waals surface area contributed by atoms with Crippen molar-refractivity contribution in [3.8, 4) is 0 Å². The lowest BCUT2D eigenvalue weighted by Gasteiger charge is -2.30. The Morgan fingerprint density at radius 2 is 2.26 bits per heavy atom. The van der Waals surface area contributed by atoms with Crippen molar-refractivity contribution in [3.63, 3.8) is 0 Å². The number of rotatable bonds is 1. The average Bonchev–Trinajstić information content (AvgIpc) is 2.85. The Kier molecular flexibility index (Phi) is 3.33. The van der Waals surface area contributed by atoms with Crippen LogP contribution in [0.25, 0.3) is 0 Å². The van der Waals surface area contributed by atoms with Crippen LogP contribution < -0.4 is 10.6 Å². The molecule has 0 aliphatic carbocycles. The summed E-state index contributed by atoms with van der Waals surface area (Å²) < 4.78 is 0.973. The summed E-state index contributed by atoms with van der Waals surface area (Å²) in [4.78, 5) is 14.4. The van der Waals surface area contributed by atoms with Crippen LogP contribution in [-0.2, 0) is 6.42 Å². The third-order valence-electron chi connectivity index (χ3n) is 3.35. The van der Waals surface area contributed by atoms with Gasteiger partial charge in [0, 0.05) is 23.3 Å². The van der Waals surface area contributed by atoms with Gasteiger partial charge in [0.1, 0.15) is 0 Å². The van der Waals surface area contributed by atoms with E-state index in [9.17, 15) is 4.79 Å². The number of benzene rings is 1. The number of nitrogens with two attached hydrogens (primary N) is 1. The number of thiophene rings is 1. The lowest BCUT2D eigenvalue weighted by atomic mass is 9.99. The molecule has 1 aromatic heterocycles. The van der Waals surface area contributed by atoms with Gasteiger partial charge in [-0.15, -0.1) is 11.3 Å². The molecule has 0 radical (unpaired) electrons. The van der Waals surface area contributed by atoms with Crippen molar-refractivity contribution in [3.05, 3.63) is 44.6 Å². The number of carbonyl (C=O) groups excluding carboxylic acids is 1. The van der Waals surface area contributed by atoms with Gasteiger partial charge < -0.3 is 10.6 Å². The van der Waals surface area contributed by atoms with Gasteiger partial charge in [-0.2, -0.15) is 0 Å². The van der Waals surface area contributed by atoms with Gasteiger partial charge >= 0.3 is 0 Å². The van der Waals surface area contributed by atoms with E-state index in [-0.39, 0.29) is 5.91 Å². The molecule has 2 aromatic rings. The molecule has 98 valence electrons. The van der Waals surface area contributed by atoms with Crippen molar-refractivity contribution in [2.45, 2.75) is 12.8 Å². The van der Waals surface area contributed by atoms with Crippen molar-refractivity contribution >= 4 is 44.5 Å². The standard InChI is InChI=1S/C14H13BrN2OS/c15-13-7-9(8-19-13)14(18)17-6-2-3-10-11(16)4-1-5-12(10)17/h1,4-5,7-8H,2-3,6,16H2. The van der Waals surface area contributed by atoms with E-state index < -0.39 is 0 Å². The van der Waals surface area contributed by atoms with Crippen molar-refractivity contribution in [2.75, 3.05) is 17.2 Å². The zero-order valence-electron chi connectivity index (χ0n) is 10.2. The van der Waals surface area contributed by atoms with Crippen LogP contribution in [0.2, 0.25) is 0 Å². The highest BCUT2D eigenvalue weighted by atomic mass is 79.9. The third-order valence-corrected chi connectivity index (χ3v) is 4.85. The maximum atomic E-state index is 12.6. The highest BCUT2D eigenvalue weighted by molar-refractivity contribution is 9.11. The summed E-state index contributed by atoms with van der Waals surface area (Å²) in [5.41, 5.74) is 9.56. The summed E-state index contributed by atoms with van der Waals surface area (Å²) in [5.74, 6) is 0.0495. The maximum absolute atomic E-state index is 12.6. The highest BCUT2D eigenvalue weighted by Crippen LogP contribution is 2.33. The summed E-state index contributed by atoms with van der Waals surface area (Å²) in [6, 6.07) is 7.65. The van der Waals surface area contributed by atoms with Crippen molar-refractivity contribution in [1.82, 2.24) is 0 Å². The maximum Gasteiger partial charge on any atom is 0.259 e. The summed E-state index contributed by atoms with van der Waals surface area (Å²) in [7, 11) is 0. The molecular formula is C14H13BrN2OS. The van der Waals surface area contributed by atoms with E-state index in [1.165, 1.54) is 11.3 Å². The van der Waals surface area contributed by atoms with Gasteiger partial charge in [0.05, 0.1) is 9.35 Å². The number of fused-ring (bicyclic) bond motifs is 1. The van der Waals surface area contributed by atoms with Gasteiger partial charge in [-0.1, -0.05) is 6.07 Å². The second kappa shape index (κ2) is 4.98. The molecule has 19 heavy (non-hydrogen) atoms. The van der Waals surface area contributed by atoms with Gasteiger partial charge in [0.15, 0.2) is 0 Å². The zero-order chi connectivity index (χ0) is 13.4. The van der Waals surface area contributed by atoms with E-state index in [1.807, 2.05) is 34.5 Å². The molecule has 0 atom stereocenters. The van der Waals surface area contributed by atoms with Crippen LogP contribution >= 0.6 is 27.3 Å². The van der Waals surface area contributed by atoms with Gasteiger partial charge in [-0.3, -0.25) is 4.79 Å². The van der Waals surface area contributed by atoms with Crippen molar-refractivity contribution < 1.29 is 4.79 Å². The first-order chi connectivity index (χ1) is 9.16. The molecule has 0 bridgehead atoms. The topological polar surface area (TPSA) is 46.3 Å². The van der Waals surface area contributed by atoms with Gasteiger partial charge in [-0.05, 0) is 52.5 Å². The molecule has 1 aliphatic heterocycles. The van der Waals surface area contributed by atoms with E-state index in [1.54, 1.807) is 0 Å². The van der Waals surface area contributed by atoms with Gasteiger partial charge in [0.25, 0.3) is 5.91 Å². The lowest BCUT2D eigenvalue weighted by molar-refractivity contribution is 0.0985. The van der Waals surface area contributed by atoms with Crippen LogP contribution in [0.15, 0.2) is 33.4 Å². The largest absolute Gasteiger partial charge is 0.398 e. The number of nitrogen functional groups attached to an aromatic ring is 1. The fraction of sp³-hybridized carbons (Fsp3) is 0.214. The molecule has 0 saturated carbocycles. The van der Waals surface area contributed by atoms with Crippen LogP contribution in [0.5, 0.6) is 0 Å². The SMILES string of the molecule is Nc1cccc2c1CCCN2C(=O)c1csc(Br)c1. The summed E-state index contributed by atoms with van der Waals surface area (Å²) in [6.45, 7) is 0.753. The molecule has 1 aliphatic rings. The number of anilines is 2. The predicted octanol–water partition coefficient (Wildman–Crippen LogP) is 3.69. The lowest BCUT2D eigenvalue weighted by Crippen LogP contribution is -2.35. The molecule has 0 unspecified atom stereocenters. The quantitative estimate of drug-likeness (QED) is 0.807. The van der Waals surface area contributed by atoms with E-state index in [4.69, 9.17) is 5.73 Å². The van der Waals surface area contributed by atoms with E-state index in [2.05, 4.69) is 15.9 Å². The Hall–Kier alpha value is -1.33. The Morgan fingerprint density at radius 1 is 1.42 bits per heavy atom. The fourth-order valence-electron chi connectivity index (χ4n) is 2.44. The molecule has 1 amide bonds. The number of halogens is 1. The average molecular weight is 337 g/mol. The molecule has 2 N–H and O–H groups in total. The normalized spacial score (nSPS) is 14.3. The molecule has 1 aromatic carbocycles. The molecule has 0 saturated heterocycles. The van der Waals surface area contributed by atoms with Crippen LogP contribution in [-0.4, -0.2) is 12.5 Å². The predicted molar refractivity (Wildman–Crippen MR) is 82.9 cm³/mol. The Morgan fingerprint density at radius 3 is 3.00 bits per heavy atom. The smallest absolute Gasteiger partial charge is 0.259 e. The van der Waals surface area contributed by atoms with Gasteiger partial charge in [-0.25, -0.2) is 0 Å². The molecule has 3 nitrogen and oxygen atoms in total. The first kappa shape index (κ1) is 12.7. The van der Waals surface area contributed by atoms with E-state index in [0.717, 1.165) is 45.7 Å². The molecule has 3 rings (SSSR count). The number of carbonyl (C=O) groups is 1. The van der Waals surface area contributed by atoms with E-state index in [0.29, 0.717) is 0 Å². The number of hydrogen-bond donors (Lipinski definition) is 1. The zero-order valence-corrected chi connectivity index (χ0v) is 12.6. The Balaban J connectivity index is 2.00. The minimum absolute atomic E-state index is 0.0495. The first-order valence-electron chi connectivity index (χ1n) is 6.10. The molecule has 0 spiro atoms. The Labute approximate surface area is 124 Å². The number of amides is 1. The van der Waals surface area contributed by atoms with E-state index >= 15 is 0 Å². The van der Waals surface area contributed by atoms with Crippen molar-refractivity contribution in [1.29, 1.82) is 0 Å². The molecule has 0 fully saturated rings. The minimum Gasteiger partial charge on any atom is -0.398 e. The van der Waals surface area contributed by atoms with Gasteiger partial charge in [0.2, 0.25) is 0 Å². The molecule has 2 heterocycles. The highest BCUT2D eigenvalue weighted by Gasteiger charge is 2.25. The van der Waals surface area contributed by atoms with Crippen LogP contribution in [0, 0.1) is 0 Å². The fourth-order valence-corrected chi connectivity index (χ4v) is 3.57. The first-order valence-corrected chi connectivity index (χ1v) is 7.77. The summed E-state index contributed by atoms with van der Waals surface area (Å²) >= 11 is 4.92. The minimum atomic E-state index is 0.0495. The van der Waals surface area contributed by atoms with Crippen LogP contribution in [0.4, 0.5) is 11.4 Å². The van der Waals surface area contributed by atoms with Crippen LogP contribution in [0.1, 0.15) is 22.3 Å². The molecular weight excluding hydrogens is 324 g/mol. The number of nitrogens with zero attached hydrogens (tertiary/aromatic N) is 1. The molecule has 5 heteroatoms. The number of hydrogen-bond acceptors (Lipinski definition) is 3. The summed E-state index contributed by atoms with van der Waals surface area (Å²) in [5, 5.41) is 1.88. The second-order valence-corrected chi connectivity index (χ2v) is 6.84. The summed E-state index contributed by atoms with van der Waals surface area (Å²) in [6.07, 6.45) is 1.90. The monoisotopic (exact) mass is 336 g/mol. The second-order valence-electron chi connectivity index (χ2n) is 4.54. The van der Waals surface area contributed by atoms with Crippen molar-refractivity contribution in [2.24, 2.45) is 0 Å². The Bertz CT molecular complexity index is 638. The van der Waals surface area contributed by atoms with Crippen LogP contribution in [0.3, 0.4) is 0 Å². The third kappa shape index (κ3) is 2.28.